The molecule has 0 fully saturated rings. The fourth-order valence-electron chi connectivity index (χ4n) is 2.21. The van der Waals surface area contributed by atoms with E-state index in [1.165, 1.54) is 0 Å². The van der Waals surface area contributed by atoms with Crippen LogP contribution in [0.1, 0.15) is 25.8 Å². The number of carboxylic acids is 1. The van der Waals surface area contributed by atoms with Crippen molar-refractivity contribution >= 4 is 17.8 Å². The van der Waals surface area contributed by atoms with Gasteiger partial charge in [-0.25, -0.2) is 0 Å². The molecule has 0 spiro atoms. The van der Waals surface area contributed by atoms with Crippen LogP contribution in [-0.2, 0) is 4.79 Å². The van der Waals surface area contributed by atoms with Gasteiger partial charge in [-0.2, -0.15) is 0 Å². The van der Waals surface area contributed by atoms with Crippen molar-refractivity contribution in [2.75, 3.05) is 14.2 Å². The van der Waals surface area contributed by atoms with Crippen molar-refractivity contribution in [2.24, 2.45) is 4.99 Å². The van der Waals surface area contributed by atoms with Gasteiger partial charge in [0.1, 0.15) is 5.75 Å². The number of hydrogen-bond donors (Lipinski definition) is 1. The molecule has 0 aliphatic heterocycles. The van der Waals surface area contributed by atoms with Crippen LogP contribution in [0.15, 0.2) is 58.6 Å². The number of aliphatic carboxylic acids is 1. The number of methoxy groups -OCH3 is 1. The van der Waals surface area contributed by atoms with E-state index in [2.05, 4.69) is 4.99 Å². The van der Waals surface area contributed by atoms with Crippen LogP contribution >= 0.6 is 0 Å². The molecule has 122 valence electrons. The highest BCUT2D eigenvalue weighted by atomic mass is 16.5. The second-order valence-corrected chi connectivity index (χ2v) is 4.97. The smallest absolute Gasteiger partial charge is 0.307 e. The second-order valence-electron chi connectivity index (χ2n) is 4.97. The van der Waals surface area contributed by atoms with Crippen molar-refractivity contribution < 1.29 is 14.6 Å². The van der Waals surface area contributed by atoms with E-state index < -0.39 is 5.97 Å². The van der Waals surface area contributed by atoms with Gasteiger partial charge in [-0.05, 0) is 36.6 Å². The lowest BCUT2D eigenvalue weighted by Gasteiger charge is -2.10. The first-order chi connectivity index (χ1) is 11.0. The zero-order valence-electron chi connectivity index (χ0n) is 14.0. The van der Waals surface area contributed by atoms with E-state index >= 15 is 0 Å². The number of benzene rings is 1. The fourth-order valence-corrected chi connectivity index (χ4v) is 2.21. The second kappa shape index (κ2) is 9.41. The molecule has 1 N–H and O–H groups in total. The molecule has 4 nitrogen and oxygen atoms in total. The Morgan fingerprint density at radius 1 is 1.35 bits per heavy atom. The number of ether oxygens (including phenoxy) is 1. The van der Waals surface area contributed by atoms with E-state index in [4.69, 9.17) is 9.84 Å². The maximum absolute atomic E-state index is 11.0. The molecule has 0 saturated carbocycles. The molecule has 0 aromatic heterocycles. The molecule has 1 aromatic rings. The first-order valence-corrected chi connectivity index (χ1v) is 7.35. The molecule has 0 aliphatic carbocycles. The molecule has 1 rings (SSSR count). The SMILES string of the molecule is C\C=C/C(=C\C(C)=C(\C=NC)CC(=O)O)c1ccccc1OC. The highest BCUT2D eigenvalue weighted by molar-refractivity contribution is 5.89. The summed E-state index contributed by atoms with van der Waals surface area (Å²) in [5.41, 5.74) is 3.44. The van der Waals surface area contributed by atoms with Crippen LogP contribution in [0.5, 0.6) is 5.75 Å². The third-order valence-electron chi connectivity index (χ3n) is 3.27. The monoisotopic (exact) mass is 313 g/mol. The van der Waals surface area contributed by atoms with Gasteiger partial charge < -0.3 is 9.84 Å². The Kier molecular flexibility index (Phi) is 7.54. The number of rotatable bonds is 7. The lowest BCUT2D eigenvalue weighted by atomic mass is 9.99. The average Bonchev–Trinajstić information content (AvgIpc) is 2.53. The van der Waals surface area contributed by atoms with Crippen LogP contribution in [0.2, 0.25) is 0 Å². The van der Waals surface area contributed by atoms with Crippen LogP contribution in [-0.4, -0.2) is 31.4 Å². The van der Waals surface area contributed by atoms with Gasteiger partial charge in [0.05, 0.1) is 13.5 Å². The molecule has 4 heteroatoms. The minimum atomic E-state index is -0.877. The quantitative estimate of drug-likeness (QED) is 0.608. The van der Waals surface area contributed by atoms with E-state index in [0.717, 1.165) is 22.5 Å². The van der Waals surface area contributed by atoms with Gasteiger partial charge >= 0.3 is 5.97 Å². The normalized spacial score (nSPS) is 13.5. The molecule has 23 heavy (non-hydrogen) atoms. The summed E-state index contributed by atoms with van der Waals surface area (Å²) in [6, 6.07) is 7.73. The van der Waals surface area contributed by atoms with Gasteiger partial charge in [-0.1, -0.05) is 36.4 Å². The van der Waals surface area contributed by atoms with Gasteiger partial charge in [0.15, 0.2) is 0 Å². The molecule has 0 unspecified atom stereocenters. The van der Waals surface area contributed by atoms with Crippen molar-refractivity contribution in [3.05, 3.63) is 59.2 Å². The number of carboxylic acid groups (broad SMARTS) is 1. The predicted molar refractivity (Wildman–Crippen MR) is 95.2 cm³/mol. The van der Waals surface area contributed by atoms with Crippen LogP contribution in [0.3, 0.4) is 0 Å². The van der Waals surface area contributed by atoms with Crippen LogP contribution in [0, 0.1) is 0 Å². The van der Waals surface area contributed by atoms with Crippen LogP contribution < -0.4 is 4.74 Å². The van der Waals surface area contributed by atoms with E-state index in [1.807, 2.05) is 56.3 Å². The van der Waals surface area contributed by atoms with E-state index in [1.54, 1.807) is 20.4 Å². The summed E-state index contributed by atoms with van der Waals surface area (Å²) < 4.78 is 5.42. The highest BCUT2D eigenvalue weighted by Crippen LogP contribution is 2.28. The number of nitrogens with zero attached hydrogens (tertiary/aromatic N) is 1. The van der Waals surface area contributed by atoms with Crippen molar-refractivity contribution in [1.82, 2.24) is 0 Å². The summed E-state index contributed by atoms with van der Waals surface area (Å²) in [6.45, 7) is 3.83. The maximum atomic E-state index is 11.0. The Bertz CT molecular complexity index is 667. The Balaban J connectivity index is 3.42. The van der Waals surface area contributed by atoms with Gasteiger partial charge in [0.25, 0.3) is 0 Å². The first-order valence-electron chi connectivity index (χ1n) is 7.35. The zero-order chi connectivity index (χ0) is 17.2. The van der Waals surface area contributed by atoms with E-state index in [0.29, 0.717) is 5.57 Å². The standard InChI is InChI=1S/C19H23NO3/c1-5-8-15(17-9-6-7-10-18(17)23-4)11-14(2)16(13-20-3)12-19(21)22/h5-11,13H,12H2,1-4H3,(H,21,22)/b8-5-,15-11+,16-14+,20-13?. The first kappa shape index (κ1) is 18.4. The molecular formula is C19H23NO3. The molecule has 0 aliphatic rings. The number of para-hydroxylation sites is 1. The molecule has 0 bridgehead atoms. The topological polar surface area (TPSA) is 58.9 Å². The Hall–Kier alpha value is -2.62. The summed E-state index contributed by atoms with van der Waals surface area (Å²) in [5, 5.41) is 9.05. The molecule has 0 radical (unpaired) electrons. The molecule has 1 aromatic carbocycles. The predicted octanol–water partition coefficient (Wildman–Crippen LogP) is 4.15. The summed E-state index contributed by atoms with van der Waals surface area (Å²) in [4.78, 5) is 15.0. The Labute approximate surface area is 137 Å². The number of carbonyl (C=O) groups is 1. The summed E-state index contributed by atoms with van der Waals surface area (Å²) in [6.07, 6.45) is 7.40. The summed E-state index contributed by atoms with van der Waals surface area (Å²) in [5.74, 6) is -0.105. The zero-order valence-corrected chi connectivity index (χ0v) is 14.0. The maximum Gasteiger partial charge on any atom is 0.307 e. The van der Waals surface area contributed by atoms with E-state index in [-0.39, 0.29) is 6.42 Å². The Morgan fingerprint density at radius 2 is 2.04 bits per heavy atom. The lowest BCUT2D eigenvalue weighted by Crippen LogP contribution is -2.01. The molecule has 0 saturated heterocycles. The minimum Gasteiger partial charge on any atom is -0.496 e. The van der Waals surface area contributed by atoms with Gasteiger partial charge in [0, 0.05) is 18.8 Å². The van der Waals surface area contributed by atoms with E-state index in [9.17, 15) is 4.79 Å². The van der Waals surface area contributed by atoms with Crippen molar-refractivity contribution in [1.29, 1.82) is 0 Å². The van der Waals surface area contributed by atoms with Gasteiger partial charge in [-0.3, -0.25) is 9.79 Å². The number of hydrogen-bond acceptors (Lipinski definition) is 3. The number of aliphatic imine (C=N–C) groups is 1. The molecule has 0 heterocycles. The Morgan fingerprint density at radius 3 is 2.61 bits per heavy atom. The third kappa shape index (κ3) is 5.58. The molecule has 0 atom stereocenters. The van der Waals surface area contributed by atoms with Gasteiger partial charge in [0.2, 0.25) is 0 Å². The lowest BCUT2D eigenvalue weighted by molar-refractivity contribution is -0.136. The third-order valence-corrected chi connectivity index (χ3v) is 3.27. The summed E-state index contributed by atoms with van der Waals surface area (Å²) >= 11 is 0. The van der Waals surface area contributed by atoms with Crippen molar-refractivity contribution in [3.63, 3.8) is 0 Å². The minimum absolute atomic E-state index is 0.0608. The average molecular weight is 313 g/mol. The van der Waals surface area contributed by atoms with Crippen LogP contribution in [0.25, 0.3) is 5.57 Å². The molecule has 0 amide bonds. The largest absolute Gasteiger partial charge is 0.496 e. The van der Waals surface area contributed by atoms with Gasteiger partial charge in [-0.15, -0.1) is 0 Å². The summed E-state index contributed by atoms with van der Waals surface area (Å²) in [7, 11) is 3.26. The van der Waals surface area contributed by atoms with Crippen molar-refractivity contribution in [3.8, 4) is 5.75 Å². The number of allylic oxidation sites excluding steroid dienone is 5. The molecular weight excluding hydrogens is 290 g/mol. The van der Waals surface area contributed by atoms with Crippen LogP contribution in [0.4, 0.5) is 0 Å². The fraction of sp³-hybridized carbons (Fsp3) is 0.263. The van der Waals surface area contributed by atoms with Crippen molar-refractivity contribution in [2.45, 2.75) is 20.3 Å². The highest BCUT2D eigenvalue weighted by Gasteiger charge is 2.08.